The minimum Gasteiger partial charge on any atom is -0.444 e. The minimum absolute atomic E-state index is 0.130. The van der Waals surface area contributed by atoms with E-state index in [0.29, 0.717) is 13.1 Å². The number of unbranched alkanes of at least 4 members (excludes halogenated alkanes) is 1. The zero-order valence-corrected chi connectivity index (χ0v) is 16.6. The Bertz CT molecular complexity index is 441. The summed E-state index contributed by atoms with van der Waals surface area (Å²) in [6.07, 6.45) is 2.01. The highest BCUT2D eigenvalue weighted by molar-refractivity contribution is 5.69. The number of carbonyl (C=O) groups excluding carboxylic acids is 2. The first-order valence-electron chi connectivity index (χ1n) is 9.15. The van der Waals surface area contributed by atoms with E-state index in [1.807, 2.05) is 46.4 Å². The Morgan fingerprint density at radius 2 is 1.72 bits per heavy atom. The molecule has 7 heteroatoms. The largest absolute Gasteiger partial charge is 0.444 e. The van der Waals surface area contributed by atoms with Crippen molar-refractivity contribution in [1.82, 2.24) is 15.5 Å². The Balaban J connectivity index is 2.32. The van der Waals surface area contributed by atoms with Crippen molar-refractivity contribution in [1.29, 1.82) is 0 Å². The lowest BCUT2D eigenvalue weighted by atomic mass is 10.1. The third kappa shape index (κ3) is 9.53. The van der Waals surface area contributed by atoms with Crippen molar-refractivity contribution >= 4 is 12.2 Å². The van der Waals surface area contributed by atoms with Crippen LogP contribution in [0.25, 0.3) is 0 Å². The quantitative estimate of drug-likeness (QED) is 0.740. The van der Waals surface area contributed by atoms with Gasteiger partial charge in [0.2, 0.25) is 0 Å². The molecule has 2 amide bonds. The molecule has 0 saturated carbocycles. The number of rotatable bonds is 5. The van der Waals surface area contributed by atoms with Crippen LogP contribution in [0.5, 0.6) is 0 Å². The minimum atomic E-state index is -0.482. The van der Waals surface area contributed by atoms with Crippen LogP contribution in [0.15, 0.2) is 0 Å². The van der Waals surface area contributed by atoms with Crippen molar-refractivity contribution < 1.29 is 19.1 Å². The van der Waals surface area contributed by atoms with E-state index in [4.69, 9.17) is 9.47 Å². The Morgan fingerprint density at radius 1 is 1.08 bits per heavy atom. The number of hydrogen-bond acceptors (Lipinski definition) is 5. The smallest absolute Gasteiger partial charge is 0.410 e. The average Bonchev–Trinajstić information content (AvgIpc) is 2.43. The number of hydrogen-bond donors (Lipinski definition) is 2. The van der Waals surface area contributed by atoms with Crippen molar-refractivity contribution in [3.8, 4) is 0 Å². The SMILES string of the molecule is CC(C)(C)OC(=O)NCCCC[C@H]1CNCCN1C(=O)OC(C)(C)C. The molecule has 1 aliphatic heterocycles. The molecule has 1 saturated heterocycles. The number of nitrogens with one attached hydrogen (secondary N) is 2. The fourth-order valence-electron chi connectivity index (χ4n) is 2.59. The Labute approximate surface area is 151 Å². The Morgan fingerprint density at radius 3 is 2.32 bits per heavy atom. The van der Waals surface area contributed by atoms with E-state index in [0.717, 1.165) is 32.4 Å². The highest BCUT2D eigenvalue weighted by Gasteiger charge is 2.29. The second-order valence-corrected chi connectivity index (χ2v) is 8.46. The predicted molar refractivity (Wildman–Crippen MR) is 97.7 cm³/mol. The monoisotopic (exact) mass is 357 g/mol. The molecule has 0 aromatic rings. The summed E-state index contributed by atoms with van der Waals surface area (Å²) < 4.78 is 10.7. The molecule has 0 aliphatic carbocycles. The van der Waals surface area contributed by atoms with E-state index >= 15 is 0 Å². The van der Waals surface area contributed by atoms with Gasteiger partial charge in [0.1, 0.15) is 11.2 Å². The lowest BCUT2D eigenvalue weighted by Gasteiger charge is -2.37. The molecule has 1 rings (SSSR count). The van der Waals surface area contributed by atoms with Gasteiger partial charge in [-0.25, -0.2) is 9.59 Å². The molecule has 0 bridgehead atoms. The summed E-state index contributed by atoms with van der Waals surface area (Å²) in [5, 5.41) is 6.09. The standard InChI is InChI=1S/C18H35N3O4/c1-17(2,3)24-15(22)20-10-8-7-9-14-13-19-11-12-21(14)16(23)25-18(4,5)6/h14,19H,7-13H2,1-6H3,(H,20,22)/t14-/m0/s1. The van der Waals surface area contributed by atoms with Gasteiger partial charge in [-0.05, 0) is 60.8 Å². The van der Waals surface area contributed by atoms with Gasteiger partial charge in [0.15, 0.2) is 0 Å². The molecular formula is C18H35N3O4. The van der Waals surface area contributed by atoms with E-state index in [1.165, 1.54) is 0 Å². The topological polar surface area (TPSA) is 79.9 Å². The first kappa shape index (κ1) is 21.5. The molecule has 7 nitrogen and oxygen atoms in total. The summed E-state index contributed by atoms with van der Waals surface area (Å²) in [7, 11) is 0. The molecule has 1 atom stereocenters. The van der Waals surface area contributed by atoms with Crippen LogP contribution in [0, 0.1) is 0 Å². The van der Waals surface area contributed by atoms with Crippen molar-refractivity contribution in [2.24, 2.45) is 0 Å². The van der Waals surface area contributed by atoms with Crippen LogP contribution in [0.4, 0.5) is 9.59 Å². The van der Waals surface area contributed by atoms with Gasteiger partial charge in [-0.3, -0.25) is 0 Å². The van der Waals surface area contributed by atoms with Gasteiger partial charge in [-0.2, -0.15) is 0 Å². The number of alkyl carbamates (subject to hydrolysis) is 1. The summed E-state index contributed by atoms with van der Waals surface area (Å²) in [5.41, 5.74) is -0.963. The van der Waals surface area contributed by atoms with Gasteiger partial charge in [0, 0.05) is 32.2 Å². The molecule has 1 fully saturated rings. The number of piperazine rings is 1. The normalized spacial score (nSPS) is 18.6. The van der Waals surface area contributed by atoms with Crippen molar-refractivity contribution in [3.05, 3.63) is 0 Å². The van der Waals surface area contributed by atoms with E-state index in [2.05, 4.69) is 10.6 Å². The van der Waals surface area contributed by atoms with Crippen LogP contribution in [0.1, 0.15) is 60.8 Å². The Kier molecular flexibility index (Phi) is 7.99. The van der Waals surface area contributed by atoms with E-state index in [9.17, 15) is 9.59 Å². The summed E-state index contributed by atoms with van der Waals surface area (Å²) in [6, 6.07) is 0.130. The molecular weight excluding hydrogens is 322 g/mol. The van der Waals surface area contributed by atoms with Crippen LogP contribution in [-0.2, 0) is 9.47 Å². The second kappa shape index (κ2) is 9.27. The molecule has 25 heavy (non-hydrogen) atoms. The van der Waals surface area contributed by atoms with E-state index in [-0.39, 0.29) is 18.2 Å². The molecule has 0 aromatic carbocycles. The summed E-state index contributed by atoms with van der Waals surface area (Å²) in [4.78, 5) is 25.7. The summed E-state index contributed by atoms with van der Waals surface area (Å²) >= 11 is 0. The highest BCUT2D eigenvalue weighted by Crippen LogP contribution is 2.16. The van der Waals surface area contributed by atoms with Gasteiger partial charge in [-0.15, -0.1) is 0 Å². The maximum atomic E-state index is 12.3. The zero-order chi connectivity index (χ0) is 19.1. The van der Waals surface area contributed by atoms with Crippen LogP contribution in [-0.4, -0.2) is 60.5 Å². The third-order valence-electron chi connectivity index (χ3n) is 3.61. The summed E-state index contributed by atoms with van der Waals surface area (Å²) in [5.74, 6) is 0. The maximum Gasteiger partial charge on any atom is 0.410 e. The lowest BCUT2D eigenvalue weighted by molar-refractivity contribution is 0.0109. The number of amides is 2. The van der Waals surface area contributed by atoms with Crippen molar-refractivity contribution in [2.75, 3.05) is 26.2 Å². The average molecular weight is 357 g/mol. The van der Waals surface area contributed by atoms with Gasteiger partial charge in [-0.1, -0.05) is 0 Å². The van der Waals surface area contributed by atoms with Crippen LogP contribution >= 0.6 is 0 Å². The first-order chi connectivity index (χ1) is 11.5. The molecule has 0 spiro atoms. The van der Waals surface area contributed by atoms with Gasteiger partial charge in [0.25, 0.3) is 0 Å². The van der Waals surface area contributed by atoms with Gasteiger partial charge < -0.3 is 25.0 Å². The molecule has 1 aliphatic rings. The van der Waals surface area contributed by atoms with Crippen LogP contribution in [0.2, 0.25) is 0 Å². The molecule has 0 aromatic heterocycles. The fraction of sp³-hybridized carbons (Fsp3) is 0.889. The first-order valence-corrected chi connectivity index (χ1v) is 9.15. The van der Waals surface area contributed by atoms with Crippen LogP contribution < -0.4 is 10.6 Å². The van der Waals surface area contributed by atoms with Gasteiger partial charge in [0.05, 0.1) is 0 Å². The van der Waals surface area contributed by atoms with E-state index < -0.39 is 11.2 Å². The Hall–Kier alpha value is -1.50. The zero-order valence-electron chi connectivity index (χ0n) is 16.6. The predicted octanol–water partition coefficient (Wildman–Crippen LogP) is 2.89. The maximum absolute atomic E-state index is 12.3. The molecule has 0 radical (unpaired) electrons. The van der Waals surface area contributed by atoms with Gasteiger partial charge >= 0.3 is 12.2 Å². The number of carbonyl (C=O) groups is 2. The van der Waals surface area contributed by atoms with Crippen molar-refractivity contribution in [3.63, 3.8) is 0 Å². The fourth-order valence-corrected chi connectivity index (χ4v) is 2.59. The van der Waals surface area contributed by atoms with Crippen LogP contribution in [0.3, 0.4) is 0 Å². The number of nitrogens with zero attached hydrogens (tertiary/aromatic N) is 1. The number of ether oxygens (including phenoxy) is 2. The third-order valence-corrected chi connectivity index (χ3v) is 3.61. The van der Waals surface area contributed by atoms with E-state index in [1.54, 1.807) is 0 Å². The highest BCUT2D eigenvalue weighted by atomic mass is 16.6. The lowest BCUT2D eigenvalue weighted by Crippen LogP contribution is -2.54. The summed E-state index contributed by atoms with van der Waals surface area (Å²) in [6.45, 7) is 14.0. The molecule has 0 unspecified atom stereocenters. The second-order valence-electron chi connectivity index (χ2n) is 8.46. The molecule has 2 N–H and O–H groups in total. The molecule has 1 heterocycles. The van der Waals surface area contributed by atoms with Crippen molar-refractivity contribution in [2.45, 2.75) is 78.0 Å². The molecule has 146 valence electrons.